The van der Waals surface area contributed by atoms with E-state index in [0.29, 0.717) is 24.8 Å². The second kappa shape index (κ2) is 6.34. The van der Waals surface area contributed by atoms with E-state index in [1.807, 2.05) is 4.90 Å². The van der Waals surface area contributed by atoms with Gasteiger partial charge in [-0.2, -0.15) is 0 Å². The van der Waals surface area contributed by atoms with Crippen molar-refractivity contribution in [2.75, 3.05) is 19.6 Å². The smallest absolute Gasteiger partial charge is 0.224 e. The van der Waals surface area contributed by atoms with Crippen LogP contribution < -0.4 is 11.1 Å². The highest BCUT2D eigenvalue weighted by atomic mass is 16.2. The lowest BCUT2D eigenvalue weighted by atomic mass is 9.84. The van der Waals surface area contributed by atoms with Gasteiger partial charge in [0.2, 0.25) is 11.8 Å². The van der Waals surface area contributed by atoms with Crippen LogP contribution in [0.5, 0.6) is 0 Å². The predicted molar refractivity (Wildman–Crippen MR) is 80.4 cm³/mol. The number of carbonyl (C=O) groups is 2. The zero-order chi connectivity index (χ0) is 14.8. The maximum absolute atomic E-state index is 12.3. The van der Waals surface area contributed by atoms with Crippen LogP contribution in [0, 0.1) is 17.8 Å². The van der Waals surface area contributed by atoms with Crippen molar-refractivity contribution in [1.82, 2.24) is 10.2 Å². The molecule has 2 bridgehead atoms. The van der Waals surface area contributed by atoms with Crippen LogP contribution in [-0.2, 0) is 9.59 Å². The highest BCUT2D eigenvalue weighted by molar-refractivity contribution is 5.81. The first-order valence-corrected chi connectivity index (χ1v) is 8.48. The van der Waals surface area contributed by atoms with Crippen molar-refractivity contribution in [2.45, 2.75) is 51.0 Å². The third kappa shape index (κ3) is 3.07. The molecule has 4 unspecified atom stereocenters. The molecule has 21 heavy (non-hydrogen) atoms. The van der Waals surface area contributed by atoms with E-state index in [1.165, 1.54) is 12.8 Å². The maximum atomic E-state index is 12.3. The van der Waals surface area contributed by atoms with E-state index in [9.17, 15) is 9.59 Å². The number of piperidine rings is 1. The standard InChI is InChI=1S/C16H27N3O2/c17-15-12-5-4-11(10-12)14(15)16(21)18-7-6-13(20)19-8-2-1-3-9-19/h11-12,14-15H,1-10,17H2,(H,18,21). The van der Waals surface area contributed by atoms with Crippen LogP contribution in [0.1, 0.15) is 44.9 Å². The molecule has 118 valence electrons. The minimum Gasteiger partial charge on any atom is -0.355 e. The number of nitrogens with two attached hydrogens (primary N) is 1. The van der Waals surface area contributed by atoms with Crippen molar-refractivity contribution < 1.29 is 9.59 Å². The number of amides is 2. The molecular weight excluding hydrogens is 266 g/mol. The first-order chi connectivity index (χ1) is 10.2. The van der Waals surface area contributed by atoms with Gasteiger partial charge in [-0.15, -0.1) is 0 Å². The molecular formula is C16H27N3O2. The van der Waals surface area contributed by atoms with Gasteiger partial charge in [-0.05, 0) is 50.4 Å². The van der Waals surface area contributed by atoms with Crippen LogP contribution >= 0.6 is 0 Å². The van der Waals surface area contributed by atoms with Crippen molar-refractivity contribution in [3.8, 4) is 0 Å². The van der Waals surface area contributed by atoms with E-state index in [1.54, 1.807) is 0 Å². The van der Waals surface area contributed by atoms with E-state index < -0.39 is 0 Å². The summed E-state index contributed by atoms with van der Waals surface area (Å²) in [6, 6.07) is 0.0292. The summed E-state index contributed by atoms with van der Waals surface area (Å²) < 4.78 is 0. The van der Waals surface area contributed by atoms with Crippen molar-refractivity contribution >= 4 is 11.8 Å². The van der Waals surface area contributed by atoms with E-state index in [4.69, 9.17) is 5.73 Å². The van der Waals surface area contributed by atoms with Crippen LogP contribution in [0.4, 0.5) is 0 Å². The molecule has 3 fully saturated rings. The Hall–Kier alpha value is -1.10. The van der Waals surface area contributed by atoms with Crippen molar-refractivity contribution in [3.63, 3.8) is 0 Å². The van der Waals surface area contributed by atoms with Crippen LogP contribution in [0.3, 0.4) is 0 Å². The molecule has 0 aromatic carbocycles. The molecule has 5 heteroatoms. The van der Waals surface area contributed by atoms with Gasteiger partial charge in [0.1, 0.15) is 0 Å². The zero-order valence-electron chi connectivity index (χ0n) is 12.7. The lowest BCUT2D eigenvalue weighted by Crippen LogP contribution is -2.46. The molecule has 1 saturated heterocycles. The minimum absolute atomic E-state index is 0.0196. The largest absolute Gasteiger partial charge is 0.355 e. The Morgan fingerprint density at radius 1 is 1.10 bits per heavy atom. The Balaban J connectivity index is 1.41. The van der Waals surface area contributed by atoms with E-state index in [-0.39, 0.29) is 23.8 Å². The molecule has 1 heterocycles. The lowest BCUT2D eigenvalue weighted by molar-refractivity contribution is -0.132. The second-order valence-electron chi connectivity index (χ2n) is 6.92. The summed E-state index contributed by atoms with van der Waals surface area (Å²) in [6.07, 6.45) is 7.30. The van der Waals surface area contributed by atoms with Crippen molar-refractivity contribution in [3.05, 3.63) is 0 Å². The Labute approximate surface area is 126 Å². The summed E-state index contributed by atoms with van der Waals surface area (Å²) >= 11 is 0. The van der Waals surface area contributed by atoms with Gasteiger partial charge in [0, 0.05) is 32.1 Å². The first kappa shape index (κ1) is 14.8. The molecule has 3 rings (SSSR count). The SMILES string of the molecule is NC1C2CCC(C2)C1C(=O)NCCC(=O)N1CCCCC1. The molecule has 1 aliphatic heterocycles. The molecule has 3 aliphatic rings. The fourth-order valence-electron chi connectivity index (χ4n) is 4.44. The van der Waals surface area contributed by atoms with Gasteiger partial charge < -0.3 is 16.0 Å². The van der Waals surface area contributed by atoms with Crippen LogP contribution in [-0.4, -0.2) is 42.4 Å². The monoisotopic (exact) mass is 293 g/mol. The van der Waals surface area contributed by atoms with E-state index in [2.05, 4.69) is 5.32 Å². The fraction of sp³-hybridized carbons (Fsp3) is 0.875. The van der Waals surface area contributed by atoms with Gasteiger partial charge in [0.05, 0.1) is 5.92 Å². The van der Waals surface area contributed by atoms with E-state index >= 15 is 0 Å². The van der Waals surface area contributed by atoms with Gasteiger partial charge in [-0.25, -0.2) is 0 Å². The zero-order valence-corrected chi connectivity index (χ0v) is 12.7. The topological polar surface area (TPSA) is 75.4 Å². The summed E-state index contributed by atoms with van der Waals surface area (Å²) in [5, 5.41) is 2.94. The molecule has 2 saturated carbocycles. The van der Waals surface area contributed by atoms with Gasteiger partial charge in [-0.1, -0.05) is 0 Å². The highest BCUT2D eigenvalue weighted by Crippen LogP contribution is 2.47. The van der Waals surface area contributed by atoms with Crippen LogP contribution in [0.25, 0.3) is 0 Å². The van der Waals surface area contributed by atoms with Crippen LogP contribution in [0.2, 0.25) is 0 Å². The maximum Gasteiger partial charge on any atom is 0.224 e. The molecule has 5 nitrogen and oxygen atoms in total. The number of hydrogen-bond donors (Lipinski definition) is 2. The summed E-state index contributed by atoms with van der Waals surface area (Å²) in [7, 11) is 0. The molecule has 2 amide bonds. The van der Waals surface area contributed by atoms with Gasteiger partial charge in [0.15, 0.2) is 0 Å². The average molecular weight is 293 g/mol. The Morgan fingerprint density at radius 2 is 1.81 bits per heavy atom. The normalized spacial score (nSPS) is 35.0. The average Bonchev–Trinajstić information content (AvgIpc) is 3.08. The quantitative estimate of drug-likeness (QED) is 0.808. The molecule has 4 atom stereocenters. The minimum atomic E-state index is -0.0196. The number of nitrogens with one attached hydrogen (secondary N) is 1. The number of fused-ring (bicyclic) bond motifs is 2. The number of carbonyl (C=O) groups excluding carboxylic acids is 2. The molecule has 3 N–H and O–H groups in total. The molecule has 0 radical (unpaired) electrons. The summed E-state index contributed by atoms with van der Waals surface area (Å²) in [5.41, 5.74) is 6.18. The Bertz CT molecular complexity index is 404. The third-order valence-electron chi connectivity index (χ3n) is 5.63. The van der Waals surface area contributed by atoms with E-state index in [0.717, 1.165) is 38.8 Å². The molecule has 0 aromatic rings. The van der Waals surface area contributed by atoms with Crippen molar-refractivity contribution in [1.29, 1.82) is 0 Å². The highest BCUT2D eigenvalue weighted by Gasteiger charge is 2.48. The summed E-state index contributed by atoms with van der Waals surface area (Å²) in [4.78, 5) is 26.3. The lowest BCUT2D eigenvalue weighted by Gasteiger charge is -2.28. The second-order valence-corrected chi connectivity index (χ2v) is 6.92. The van der Waals surface area contributed by atoms with Crippen molar-refractivity contribution in [2.24, 2.45) is 23.5 Å². The molecule has 2 aliphatic carbocycles. The number of likely N-dealkylation sites (tertiary alicyclic amines) is 1. The van der Waals surface area contributed by atoms with Gasteiger partial charge in [0.25, 0.3) is 0 Å². The Morgan fingerprint density at radius 3 is 2.48 bits per heavy atom. The van der Waals surface area contributed by atoms with Crippen LogP contribution in [0.15, 0.2) is 0 Å². The van der Waals surface area contributed by atoms with Gasteiger partial charge in [-0.3, -0.25) is 9.59 Å². The Kier molecular flexibility index (Phi) is 4.48. The number of hydrogen-bond acceptors (Lipinski definition) is 3. The third-order valence-corrected chi connectivity index (χ3v) is 5.63. The van der Waals surface area contributed by atoms with Gasteiger partial charge >= 0.3 is 0 Å². The summed E-state index contributed by atoms with van der Waals surface area (Å²) in [6.45, 7) is 2.21. The molecule has 0 spiro atoms. The fourth-order valence-corrected chi connectivity index (χ4v) is 4.44. The first-order valence-electron chi connectivity index (χ1n) is 8.48. The number of nitrogens with zero attached hydrogens (tertiary/aromatic N) is 1. The predicted octanol–water partition coefficient (Wildman–Crippen LogP) is 0.879. The summed E-state index contributed by atoms with van der Waals surface area (Å²) in [5.74, 6) is 1.24. The molecule has 0 aromatic heterocycles. The number of rotatable bonds is 4.